The van der Waals surface area contributed by atoms with Crippen molar-refractivity contribution in [3.8, 4) is 0 Å². The van der Waals surface area contributed by atoms with Gasteiger partial charge in [0.15, 0.2) is 0 Å². The molecule has 0 amide bonds. The van der Waals surface area contributed by atoms with Gasteiger partial charge in [0.05, 0.1) is 0 Å². The third-order valence-corrected chi connectivity index (χ3v) is 0. The maximum absolute atomic E-state index is 6.25. The Labute approximate surface area is 230 Å². The molecule has 0 bridgehead atoms. The molecular formula is C6FeN6Na3Zn3. The first-order valence-corrected chi connectivity index (χ1v) is 1.34. The molecule has 0 heterocycles. The van der Waals surface area contributed by atoms with Crippen molar-refractivity contribution in [2.24, 2.45) is 0 Å². The zero-order chi connectivity index (χ0) is 12.0. The Morgan fingerprint density at radius 3 is 0.316 bits per heavy atom. The van der Waals surface area contributed by atoms with Crippen LogP contribution in [0.4, 0.5) is 0 Å². The molecule has 71 valence electrons. The SMILES string of the molecule is [C-]#N.[C-]#N.[C-]#N.[C-]#N.[C-]#N.[C-]#N.[Fe+3].[Na+].[Na+].[Na+].[Zn].[Zn].[Zn]. The van der Waals surface area contributed by atoms with Crippen molar-refractivity contribution in [3.05, 3.63) is 39.4 Å². The third kappa shape index (κ3) is 1260. The van der Waals surface area contributed by atoms with Crippen LogP contribution in [0.2, 0.25) is 0 Å². The molecule has 0 N–H and O–H groups in total. The first kappa shape index (κ1) is 127. The van der Waals surface area contributed by atoms with E-state index in [9.17, 15) is 0 Å². The zero-order valence-electron chi connectivity index (χ0n) is 11.2. The van der Waals surface area contributed by atoms with E-state index in [4.69, 9.17) is 71.0 Å². The summed E-state index contributed by atoms with van der Waals surface area (Å²) in [5.74, 6) is 0. The van der Waals surface area contributed by atoms with Crippen LogP contribution in [0.25, 0.3) is 0 Å². The topological polar surface area (TPSA) is 143 Å². The molecule has 0 rings (SSSR count). The summed E-state index contributed by atoms with van der Waals surface area (Å²) in [4.78, 5) is 0. The van der Waals surface area contributed by atoms with E-state index in [2.05, 4.69) is 0 Å². The van der Waals surface area contributed by atoms with E-state index in [1.54, 1.807) is 0 Å². The van der Waals surface area contributed by atoms with E-state index < -0.39 is 0 Å². The second-order valence-corrected chi connectivity index (χ2v) is 0. The van der Waals surface area contributed by atoms with Gasteiger partial charge in [-0.05, 0) is 0 Å². The van der Waals surface area contributed by atoms with Crippen molar-refractivity contribution in [1.82, 2.24) is 0 Å². The fourth-order valence-corrected chi connectivity index (χ4v) is 0. The molecule has 0 aliphatic heterocycles. The van der Waals surface area contributed by atoms with Crippen LogP contribution >= 0.6 is 0 Å². The summed E-state index contributed by atoms with van der Waals surface area (Å²) in [6, 6.07) is 0. The zero-order valence-corrected chi connectivity index (χ0v) is 27.2. The summed E-state index contributed by atoms with van der Waals surface area (Å²) in [5.41, 5.74) is 0. The maximum Gasteiger partial charge on any atom is 3.00 e. The molecule has 19 heavy (non-hydrogen) atoms. The average molecular weight is 477 g/mol. The molecule has 0 aliphatic carbocycles. The summed E-state index contributed by atoms with van der Waals surface area (Å²) >= 11 is 0. The van der Waals surface area contributed by atoms with Crippen LogP contribution in [-0.2, 0) is 75.5 Å². The molecule has 0 fully saturated rings. The number of rotatable bonds is 0. The van der Waals surface area contributed by atoms with Gasteiger partial charge in [-0.1, -0.05) is 0 Å². The van der Waals surface area contributed by atoms with Crippen LogP contribution in [0.5, 0.6) is 0 Å². The van der Waals surface area contributed by atoms with E-state index in [0.717, 1.165) is 0 Å². The maximum atomic E-state index is 6.25. The van der Waals surface area contributed by atoms with Crippen LogP contribution in [0.1, 0.15) is 0 Å². The molecular weight excluding hydrogens is 477 g/mol. The van der Waals surface area contributed by atoms with E-state index in [1.165, 1.54) is 0 Å². The summed E-state index contributed by atoms with van der Waals surface area (Å²) in [5, 5.41) is 37.5. The molecule has 6 nitrogen and oxygen atoms in total. The van der Waals surface area contributed by atoms with Gasteiger partial charge >= 0.3 is 106 Å². The van der Waals surface area contributed by atoms with Gasteiger partial charge in [0, 0.05) is 58.4 Å². The molecule has 1 radical (unpaired) electrons. The van der Waals surface area contributed by atoms with Crippen LogP contribution < -0.4 is 88.7 Å². The van der Waals surface area contributed by atoms with E-state index in [-0.39, 0.29) is 164 Å². The molecule has 0 aliphatic rings. The predicted octanol–water partition coefficient (Wildman–Crippen LogP) is -8.42. The second-order valence-electron chi connectivity index (χ2n) is 0. The molecule has 0 aromatic heterocycles. The Morgan fingerprint density at radius 2 is 0.316 bits per heavy atom. The van der Waals surface area contributed by atoms with Crippen molar-refractivity contribution in [2.45, 2.75) is 0 Å². The normalized spacial score (nSPS) is 0.632. The monoisotopic (exact) mass is 473 g/mol. The molecule has 0 saturated heterocycles. The van der Waals surface area contributed by atoms with Gasteiger partial charge in [-0.15, -0.1) is 0 Å². The fraction of sp³-hybridized carbons (Fsp3) is 0. The Bertz CT molecular complexity index is 115. The van der Waals surface area contributed by atoms with Gasteiger partial charge in [0.25, 0.3) is 0 Å². The van der Waals surface area contributed by atoms with Crippen molar-refractivity contribution in [1.29, 1.82) is 31.6 Å². The molecule has 0 aromatic rings. The molecule has 13 heteroatoms. The Kier molecular flexibility index (Phi) is 9360. The van der Waals surface area contributed by atoms with Crippen LogP contribution in [0.15, 0.2) is 0 Å². The van der Waals surface area contributed by atoms with Crippen molar-refractivity contribution >= 4 is 0 Å². The number of nitrogens with zero attached hydrogens (tertiary/aromatic N) is 6. The first-order chi connectivity index (χ1) is 6.00. The van der Waals surface area contributed by atoms with E-state index in [1.807, 2.05) is 0 Å². The number of hydrogen-bond donors (Lipinski definition) is 0. The third-order valence-electron chi connectivity index (χ3n) is 0. The summed E-state index contributed by atoms with van der Waals surface area (Å²) in [6.45, 7) is 28.5. The van der Waals surface area contributed by atoms with Crippen molar-refractivity contribution in [3.63, 3.8) is 0 Å². The Hall–Kier alpha value is 2.33. The van der Waals surface area contributed by atoms with Gasteiger partial charge < -0.3 is 71.0 Å². The van der Waals surface area contributed by atoms with Gasteiger partial charge in [-0.3, -0.25) is 0 Å². The van der Waals surface area contributed by atoms with E-state index in [0.29, 0.717) is 0 Å². The molecule has 0 unspecified atom stereocenters. The average Bonchev–Trinajstić information content (AvgIpc) is 2.33. The van der Waals surface area contributed by atoms with Crippen LogP contribution in [0.3, 0.4) is 0 Å². The van der Waals surface area contributed by atoms with Gasteiger partial charge in [0.2, 0.25) is 0 Å². The summed E-state index contributed by atoms with van der Waals surface area (Å²) < 4.78 is 0. The minimum Gasteiger partial charge on any atom is -0.512 e. The Balaban J connectivity index is -0.00000000193. The first-order valence-electron chi connectivity index (χ1n) is 1.34. The predicted molar refractivity (Wildman–Crippen MR) is 29.8 cm³/mol. The summed E-state index contributed by atoms with van der Waals surface area (Å²) in [6.07, 6.45) is 0. The smallest absolute Gasteiger partial charge is 0.512 e. The van der Waals surface area contributed by atoms with Crippen molar-refractivity contribution < 1.29 is 164 Å². The van der Waals surface area contributed by atoms with Crippen molar-refractivity contribution in [2.75, 3.05) is 0 Å². The molecule has 0 atom stereocenters. The largest absolute Gasteiger partial charge is 3.00 e. The van der Waals surface area contributed by atoms with Gasteiger partial charge in [0.1, 0.15) is 0 Å². The quantitative estimate of drug-likeness (QED) is 0.251. The fourth-order valence-electron chi connectivity index (χ4n) is 0. The molecule has 0 saturated carbocycles. The second kappa shape index (κ2) is 1400. The van der Waals surface area contributed by atoms with Crippen LogP contribution in [0, 0.1) is 71.0 Å². The molecule has 0 spiro atoms. The minimum absolute atomic E-state index is 0. The van der Waals surface area contributed by atoms with Gasteiger partial charge in [-0.2, -0.15) is 0 Å². The summed E-state index contributed by atoms with van der Waals surface area (Å²) in [7, 11) is 0. The minimum atomic E-state index is 0. The standard InChI is InChI=1S/6CN.Fe.3Na.3Zn/c6*1-2;;;;;;;/q6*-1;+3;3*+1;;;. The number of hydrogen-bond acceptors (Lipinski definition) is 6. The molecule has 0 aromatic carbocycles. The Morgan fingerprint density at radius 1 is 0.316 bits per heavy atom. The van der Waals surface area contributed by atoms with Gasteiger partial charge in [-0.25, -0.2) is 0 Å². The van der Waals surface area contributed by atoms with E-state index >= 15 is 0 Å². The van der Waals surface area contributed by atoms with Crippen LogP contribution in [-0.4, -0.2) is 0 Å².